The molecule has 1 aromatic carbocycles. The molecule has 0 bridgehead atoms. The second-order valence-electron chi connectivity index (χ2n) is 4.11. The molecule has 1 heterocycles. The van der Waals surface area contributed by atoms with Crippen molar-refractivity contribution in [1.29, 1.82) is 0 Å². The Morgan fingerprint density at radius 2 is 2.10 bits per heavy atom. The number of methoxy groups -OCH3 is 1. The van der Waals surface area contributed by atoms with Gasteiger partial charge in [0.1, 0.15) is 0 Å². The van der Waals surface area contributed by atoms with Crippen molar-refractivity contribution in [3.05, 3.63) is 28.7 Å². The highest BCUT2D eigenvalue weighted by molar-refractivity contribution is 8.18. The van der Waals surface area contributed by atoms with Crippen molar-refractivity contribution in [3.63, 3.8) is 0 Å². The normalized spacial score (nSPS) is 16.4. The summed E-state index contributed by atoms with van der Waals surface area (Å²) in [6, 6.07) is 5.38. The van der Waals surface area contributed by atoms with Gasteiger partial charge in [-0.25, -0.2) is 0 Å². The minimum absolute atomic E-state index is 0.351. The highest BCUT2D eigenvalue weighted by Gasteiger charge is 2.25. The van der Waals surface area contributed by atoms with Crippen molar-refractivity contribution >= 4 is 29.0 Å². The average Bonchev–Trinajstić information content (AvgIpc) is 2.75. The number of thioether (sulfide) groups is 1. The fourth-order valence-corrected chi connectivity index (χ4v) is 2.36. The van der Waals surface area contributed by atoms with E-state index in [4.69, 9.17) is 9.47 Å². The van der Waals surface area contributed by atoms with Crippen LogP contribution in [0.1, 0.15) is 18.9 Å². The lowest BCUT2D eigenvalue weighted by atomic mass is 10.2. The molecule has 6 heteroatoms. The first-order valence-corrected chi connectivity index (χ1v) is 7.01. The molecular weight excluding hydrogens is 278 g/mol. The van der Waals surface area contributed by atoms with Gasteiger partial charge < -0.3 is 9.47 Å². The van der Waals surface area contributed by atoms with Crippen molar-refractivity contribution in [1.82, 2.24) is 5.32 Å². The lowest BCUT2D eigenvalue weighted by Crippen LogP contribution is -2.17. The molecule has 1 aromatic rings. The van der Waals surface area contributed by atoms with E-state index < -0.39 is 0 Å². The molecule has 1 fully saturated rings. The van der Waals surface area contributed by atoms with E-state index in [1.807, 2.05) is 13.0 Å². The van der Waals surface area contributed by atoms with Gasteiger partial charge in [-0.05, 0) is 42.0 Å². The summed E-state index contributed by atoms with van der Waals surface area (Å²) in [4.78, 5) is 22.9. The first-order chi connectivity index (χ1) is 9.63. The van der Waals surface area contributed by atoms with Crippen LogP contribution in [-0.2, 0) is 4.79 Å². The van der Waals surface area contributed by atoms with Gasteiger partial charge in [0.15, 0.2) is 11.5 Å². The maximum atomic E-state index is 11.5. The fourth-order valence-electron chi connectivity index (χ4n) is 1.68. The van der Waals surface area contributed by atoms with Crippen LogP contribution in [-0.4, -0.2) is 24.9 Å². The van der Waals surface area contributed by atoms with Gasteiger partial charge in [-0.1, -0.05) is 13.0 Å². The maximum Gasteiger partial charge on any atom is 0.290 e. The number of rotatable bonds is 5. The molecule has 20 heavy (non-hydrogen) atoms. The highest BCUT2D eigenvalue weighted by Crippen LogP contribution is 2.31. The Bertz CT molecular complexity index is 568. The van der Waals surface area contributed by atoms with Crippen LogP contribution in [0.2, 0.25) is 0 Å². The first kappa shape index (κ1) is 14.5. The minimum atomic E-state index is -0.370. The van der Waals surface area contributed by atoms with Gasteiger partial charge in [-0.2, -0.15) is 0 Å². The van der Waals surface area contributed by atoms with Crippen molar-refractivity contribution in [2.75, 3.05) is 13.7 Å². The van der Waals surface area contributed by atoms with Crippen LogP contribution in [0, 0.1) is 0 Å². The smallest absolute Gasteiger partial charge is 0.290 e. The Kier molecular flexibility index (Phi) is 4.68. The van der Waals surface area contributed by atoms with Gasteiger partial charge in [-0.15, -0.1) is 0 Å². The van der Waals surface area contributed by atoms with Gasteiger partial charge in [0.05, 0.1) is 18.6 Å². The van der Waals surface area contributed by atoms with E-state index in [1.165, 1.54) is 0 Å². The van der Waals surface area contributed by atoms with Gasteiger partial charge >= 0.3 is 0 Å². The van der Waals surface area contributed by atoms with E-state index >= 15 is 0 Å². The molecule has 0 saturated carbocycles. The molecule has 1 N–H and O–H groups in total. The molecule has 2 rings (SSSR count). The summed E-state index contributed by atoms with van der Waals surface area (Å²) in [5.41, 5.74) is 0.776. The summed E-state index contributed by atoms with van der Waals surface area (Å²) in [5, 5.41) is 1.87. The molecule has 0 spiro atoms. The van der Waals surface area contributed by atoms with E-state index in [0.29, 0.717) is 23.0 Å². The summed E-state index contributed by atoms with van der Waals surface area (Å²) < 4.78 is 10.8. The van der Waals surface area contributed by atoms with Crippen molar-refractivity contribution < 1.29 is 19.1 Å². The molecule has 2 amide bonds. The number of imide groups is 1. The first-order valence-electron chi connectivity index (χ1n) is 6.19. The van der Waals surface area contributed by atoms with Gasteiger partial charge in [-0.3, -0.25) is 14.9 Å². The maximum absolute atomic E-state index is 11.5. The number of carbonyl (C=O) groups excluding carboxylic acids is 2. The van der Waals surface area contributed by atoms with Crippen LogP contribution in [0.5, 0.6) is 11.5 Å². The molecule has 106 valence electrons. The van der Waals surface area contributed by atoms with Crippen LogP contribution in [0.3, 0.4) is 0 Å². The van der Waals surface area contributed by atoms with Gasteiger partial charge in [0, 0.05) is 0 Å². The van der Waals surface area contributed by atoms with Crippen molar-refractivity contribution in [2.45, 2.75) is 13.3 Å². The predicted octanol–water partition coefficient (Wildman–Crippen LogP) is 2.81. The topological polar surface area (TPSA) is 64.6 Å². The summed E-state index contributed by atoms with van der Waals surface area (Å²) in [6.45, 7) is 2.64. The zero-order valence-electron chi connectivity index (χ0n) is 11.3. The second kappa shape index (κ2) is 6.47. The standard InChI is InChI=1S/C14H15NO4S/c1-3-6-19-10-5-4-9(7-11(10)18-2)8-12-13(16)15-14(17)20-12/h4-5,7-8H,3,6H2,1-2H3,(H,15,16,17)/b12-8-. The SMILES string of the molecule is CCCOc1ccc(/C=C2\SC(=O)NC2=O)cc1OC. The van der Waals surface area contributed by atoms with E-state index in [1.54, 1.807) is 25.3 Å². The Labute approximate surface area is 121 Å². The number of benzene rings is 1. The lowest BCUT2D eigenvalue weighted by molar-refractivity contribution is -0.115. The Morgan fingerprint density at radius 3 is 2.70 bits per heavy atom. The minimum Gasteiger partial charge on any atom is -0.493 e. The largest absolute Gasteiger partial charge is 0.493 e. The average molecular weight is 293 g/mol. The van der Waals surface area contributed by atoms with Crippen molar-refractivity contribution in [3.8, 4) is 11.5 Å². The quantitative estimate of drug-likeness (QED) is 0.846. The number of carbonyl (C=O) groups is 2. The third-order valence-electron chi connectivity index (χ3n) is 2.59. The summed E-state index contributed by atoms with van der Waals surface area (Å²) in [6.07, 6.45) is 2.56. The van der Waals surface area contributed by atoms with E-state index in [0.717, 1.165) is 23.7 Å². The number of hydrogen-bond donors (Lipinski definition) is 1. The molecule has 1 aliphatic rings. The summed E-state index contributed by atoms with van der Waals surface area (Å²) in [7, 11) is 1.56. The fraction of sp³-hybridized carbons (Fsp3) is 0.286. The van der Waals surface area contributed by atoms with Crippen LogP contribution in [0.4, 0.5) is 4.79 Å². The summed E-state index contributed by atoms with van der Waals surface area (Å²) in [5.74, 6) is 0.893. The number of nitrogens with one attached hydrogen (secondary N) is 1. The monoisotopic (exact) mass is 293 g/mol. The zero-order valence-corrected chi connectivity index (χ0v) is 12.1. The van der Waals surface area contributed by atoms with E-state index in [2.05, 4.69) is 5.32 Å². The second-order valence-corrected chi connectivity index (χ2v) is 5.13. The Morgan fingerprint density at radius 1 is 1.30 bits per heavy atom. The van der Waals surface area contributed by atoms with Crippen molar-refractivity contribution in [2.24, 2.45) is 0 Å². The zero-order chi connectivity index (χ0) is 14.5. The molecule has 0 atom stereocenters. The highest BCUT2D eigenvalue weighted by atomic mass is 32.2. The van der Waals surface area contributed by atoms with Crippen LogP contribution in [0.25, 0.3) is 6.08 Å². The third-order valence-corrected chi connectivity index (χ3v) is 3.40. The molecule has 5 nitrogen and oxygen atoms in total. The van der Waals surface area contributed by atoms with Crippen LogP contribution >= 0.6 is 11.8 Å². The lowest BCUT2D eigenvalue weighted by Gasteiger charge is -2.10. The Balaban J connectivity index is 2.23. The molecule has 0 aromatic heterocycles. The van der Waals surface area contributed by atoms with Crippen LogP contribution < -0.4 is 14.8 Å². The molecule has 0 radical (unpaired) electrons. The van der Waals surface area contributed by atoms with Gasteiger partial charge in [0.2, 0.25) is 0 Å². The third kappa shape index (κ3) is 3.33. The number of hydrogen-bond acceptors (Lipinski definition) is 5. The number of amides is 2. The molecular formula is C14H15NO4S. The predicted molar refractivity (Wildman–Crippen MR) is 77.9 cm³/mol. The molecule has 1 aliphatic heterocycles. The number of ether oxygens (including phenoxy) is 2. The molecule has 0 unspecified atom stereocenters. The molecule has 0 aliphatic carbocycles. The summed E-state index contributed by atoms with van der Waals surface area (Å²) >= 11 is 0.889. The van der Waals surface area contributed by atoms with E-state index in [9.17, 15) is 9.59 Å². The van der Waals surface area contributed by atoms with Crippen LogP contribution in [0.15, 0.2) is 23.1 Å². The van der Waals surface area contributed by atoms with Gasteiger partial charge in [0.25, 0.3) is 11.1 Å². The Hall–Kier alpha value is -1.95. The van der Waals surface area contributed by atoms with E-state index in [-0.39, 0.29) is 11.1 Å². The molecule has 1 saturated heterocycles.